The van der Waals surface area contributed by atoms with Gasteiger partial charge >= 0.3 is 0 Å². The van der Waals surface area contributed by atoms with Crippen LogP contribution in [0, 0.1) is 0 Å². The van der Waals surface area contributed by atoms with Gasteiger partial charge in [0, 0.05) is 7.05 Å². The molecule has 1 heterocycles. The Morgan fingerprint density at radius 3 is 2.36 bits per heavy atom. The SMILES string of the molecule is Cn1nnc2c1C(=O)C(Cl)=C(Cl)C2=O. The van der Waals surface area contributed by atoms with Crippen molar-refractivity contribution in [3.05, 3.63) is 21.5 Å². The number of aromatic nitrogens is 3. The highest BCUT2D eigenvalue weighted by molar-refractivity contribution is 6.59. The summed E-state index contributed by atoms with van der Waals surface area (Å²) in [6, 6.07) is 0. The number of fused-ring (bicyclic) bond motifs is 1. The second-order valence-electron chi connectivity index (χ2n) is 2.70. The van der Waals surface area contributed by atoms with Gasteiger partial charge in [-0.2, -0.15) is 0 Å². The maximum absolute atomic E-state index is 11.5. The molecule has 5 nitrogen and oxygen atoms in total. The average molecular weight is 232 g/mol. The first-order chi connectivity index (χ1) is 6.54. The van der Waals surface area contributed by atoms with E-state index in [-0.39, 0.29) is 21.5 Å². The lowest BCUT2D eigenvalue weighted by Gasteiger charge is -2.08. The Kier molecular flexibility index (Phi) is 1.94. The molecule has 0 spiro atoms. The van der Waals surface area contributed by atoms with Crippen molar-refractivity contribution < 1.29 is 9.59 Å². The van der Waals surface area contributed by atoms with Crippen LogP contribution in [-0.4, -0.2) is 26.6 Å². The molecule has 1 aliphatic carbocycles. The van der Waals surface area contributed by atoms with Gasteiger partial charge in [0.05, 0.1) is 0 Å². The van der Waals surface area contributed by atoms with E-state index in [0.717, 1.165) is 0 Å². The van der Waals surface area contributed by atoms with Crippen molar-refractivity contribution in [2.45, 2.75) is 0 Å². The number of carbonyl (C=O) groups excluding carboxylic acids is 2. The fourth-order valence-corrected chi connectivity index (χ4v) is 1.52. The largest absolute Gasteiger partial charge is 0.286 e. The highest BCUT2D eigenvalue weighted by atomic mass is 35.5. The van der Waals surface area contributed by atoms with Gasteiger partial charge in [-0.25, -0.2) is 4.68 Å². The second-order valence-corrected chi connectivity index (χ2v) is 3.45. The first-order valence-electron chi connectivity index (χ1n) is 3.58. The second kappa shape index (κ2) is 2.90. The molecule has 0 saturated heterocycles. The number of nitrogens with zero attached hydrogens (tertiary/aromatic N) is 3. The molecule has 0 radical (unpaired) electrons. The normalized spacial score (nSPS) is 16.2. The van der Waals surface area contributed by atoms with Gasteiger partial charge in [-0.1, -0.05) is 28.4 Å². The van der Waals surface area contributed by atoms with Gasteiger partial charge in [0.1, 0.15) is 15.8 Å². The van der Waals surface area contributed by atoms with Crippen LogP contribution >= 0.6 is 23.2 Å². The minimum Gasteiger partial charge on any atom is -0.286 e. The van der Waals surface area contributed by atoms with Crippen molar-refractivity contribution in [2.24, 2.45) is 7.05 Å². The monoisotopic (exact) mass is 231 g/mol. The van der Waals surface area contributed by atoms with Gasteiger partial charge < -0.3 is 0 Å². The van der Waals surface area contributed by atoms with E-state index in [2.05, 4.69) is 10.3 Å². The van der Waals surface area contributed by atoms with E-state index in [1.807, 2.05) is 0 Å². The molecule has 0 atom stereocenters. The lowest BCUT2D eigenvalue weighted by atomic mass is 10.1. The van der Waals surface area contributed by atoms with Crippen molar-refractivity contribution in [1.82, 2.24) is 15.0 Å². The number of halogens is 2. The molecule has 1 aliphatic rings. The number of allylic oxidation sites excluding steroid dienone is 2. The summed E-state index contributed by atoms with van der Waals surface area (Å²) in [4.78, 5) is 23.0. The first kappa shape index (κ1) is 9.36. The molecule has 1 aromatic heterocycles. The summed E-state index contributed by atoms with van der Waals surface area (Å²) in [6.45, 7) is 0. The van der Waals surface area contributed by atoms with Gasteiger partial charge in [-0.05, 0) is 0 Å². The molecule has 0 bridgehead atoms. The average Bonchev–Trinajstić information content (AvgIpc) is 2.54. The molecule has 1 aromatic rings. The Bertz CT molecular complexity index is 489. The molecule has 72 valence electrons. The van der Waals surface area contributed by atoms with E-state index in [1.54, 1.807) is 0 Å². The van der Waals surface area contributed by atoms with Gasteiger partial charge in [-0.3, -0.25) is 9.59 Å². The standard InChI is InChI=1S/C7H3Cl2N3O2/c1-12-5-4(10-11-12)6(13)2(8)3(9)7(5)14/h1H3. The van der Waals surface area contributed by atoms with E-state index in [1.165, 1.54) is 11.7 Å². The van der Waals surface area contributed by atoms with Gasteiger partial charge in [-0.15, -0.1) is 5.10 Å². The highest BCUT2D eigenvalue weighted by Gasteiger charge is 2.35. The maximum atomic E-state index is 11.5. The molecule has 0 N–H and O–H groups in total. The minimum absolute atomic E-state index is 0.0492. The fourth-order valence-electron chi connectivity index (χ4n) is 1.17. The van der Waals surface area contributed by atoms with Crippen molar-refractivity contribution in [1.29, 1.82) is 0 Å². The third-order valence-electron chi connectivity index (χ3n) is 1.85. The maximum Gasteiger partial charge on any atom is 0.228 e. The number of carbonyl (C=O) groups is 2. The number of Topliss-reactive ketones (excluding diaryl/α,β-unsaturated/α-hetero) is 2. The molecule has 0 unspecified atom stereocenters. The summed E-state index contributed by atoms with van der Waals surface area (Å²) in [5.41, 5.74) is 0.0244. The third-order valence-corrected chi connectivity index (χ3v) is 2.67. The molecule has 0 aromatic carbocycles. The van der Waals surface area contributed by atoms with E-state index in [9.17, 15) is 9.59 Å². The minimum atomic E-state index is -0.570. The summed E-state index contributed by atoms with van der Waals surface area (Å²) < 4.78 is 1.20. The molecule has 2 rings (SSSR count). The summed E-state index contributed by atoms with van der Waals surface area (Å²) >= 11 is 11.1. The Balaban J connectivity index is 2.75. The summed E-state index contributed by atoms with van der Waals surface area (Å²) in [6.07, 6.45) is 0. The number of ketones is 2. The smallest absolute Gasteiger partial charge is 0.228 e. The lowest BCUT2D eigenvalue weighted by Crippen LogP contribution is -2.19. The molecule has 0 fully saturated rings. The number of hydrogen-bond donors (Lipinski definition) is 0. The van der Waals surface area contributed by atoms with Crippen LogP contribution in [-0.2, 0) is 7.05 Å². The van der Waals surface area contributed by atoms with Crippen LogP contribution in [0.2, 0.25) is 0 Å². The Labute approximate surface area is 88.3 Å². The van der Waals surface area contributed by atoms with Crippen LogP contribution in [0.1, 0.15) is 21.0 Å². The highest BCUT2D eigenvalue weighted by Crippen LogP contribution is 2.28. The van der Waals surface area contributed by atoms with Crippen LogP contribution in [0.3, 0.4) is 0 Å². The molecular formula is C7H3Cl2N3O2. The van der Waals surface area contributed by atoms with Crippen LogP contribution < -0.4 is 0 Å². The third kappa shape index (κ3) is 1.03. The fraction of sp³-hybridized carbons (Fsp3) is 0.143. The predicted octanol–water partition coefficient (Wildman–Crippen LogP) is 0.883. The van der Waals surface area contributed by atoms with E-state index in [4.69, 9.17) is 23.2 Å². The summed E-state index contributed by atoms with van der Waals surface area (Å²) in [5.74, 6) is -1.10. The van der Waals surface area contributed by atoms with Crippen molar-refractivity contribution in [3.63, 3.8) is 0 Å². The van der Waals surface area contributed by atoms with Gasteiger partial charge in [0.15, 0.2) is 5.69 Å². The molecule has 0 saturated carbocycles. The quantitative estimate of drug-likeness (QED) is 0.666. The topological polar surface area (TPSA) is 64.8 Å². The Morgan fingerprint density at radius 2 is 1.71 bits per heavy atom. The van der Waals surface area contributed by atoms with Crippen LogP contribution in [0.4, 0.5) is 0 Å². The molecule has 14 heavy (non-hydrogen) atoms. The van der Waals surface area contributed by atoms with Crippen molar-refractivity contribution >= 4 is 34.8 Å². The Hall–Kier alpha value is -1.20. The molecule has 0 aliphatic heterocycles. The van der Waals surface area contributed by atoms with E-state index >= 15 is 0 Å². The predicted molar refractivity (Wildman–Crippen MR) is 48.4 cm³/mol. The first-order valence-corrected chi connectivity index (χ1v) is 4.34. The molecular weight excluding hydrogens is 229 g/mol. The van der Waals surface area contributed by atoms with Crippen LogP contribution in [0.25, 0.3) is 0 Å². The van der Waals surface area contributed by atoms with Gasteiger partial charge in [0.25, 0.3) is 0 Å². The zero-order valence-corrected chi connectivity index (χ0v) is 8.43. The number of rotatable bonds is 0. The zero-order chi connectivity index (χ0) is 10.5. The lowest BCUT2D eigenvalue weighted by molar-refractivity contribution is 0.0979. The van der Waals surface area contributed by atoms with Crippen LogP contribution in [0.5, 0.6) is 0 Å². The summed E-state index contributed by atoms with van der Waals surface area (Å²) in [7, 11) is 1.50. The zero-order valence-electron chi connectivity index (χ0n) is 6.91. The van der Waals surface area contributed by atoms with Crippen molar-refractivity contribution in [3.8, 4) is 0 Å². The van der Waals surface area contributed by atoms with Gasteiger partial charge in [0.2, 0.25) is 11.6 Å². The molecule has 7 heteroatoms. The van der Waals surface area contributed by atoms with Crippen LogP contribution in [0.15, 0.2) is 10.1 Å². The Morgan fingerprint density at radius 1 is 1.14 bits per heavy atom. The number of hydrogen-bond acceptors (Lipinski definition) is 4. The van der Waals surface area contributed by atoms with E-state index < -0.39 is 11.6 Å². The van der Waals surface area contributed by atoms with Crippen molar-refractivity contribution in [2.75, 3.05) is 0 Å². The molecule has 0 amide bonds. The number of aryl methyl sites for hydroxylation is 1. The van der Waals surface area contributed by atoms with E-state index in [0.29, 0.717) is 0 Å². The summed E-state index contributed by atoms with van der Waals surface area (Å²) in [5, 5.41) is 6.50.